The van der Waals surface area contributed by atoms with Crippen molar-refractivity contribution >= 4 is 33.7 Å². The van der Waals surface area contributed by atoms with E-state index in [1.807, 2.05) is 19.1 Å². The van der Waals surface area contributed by atoms with Crippen molar-refractivity contribution in [2.24, 2.45) is 0 Å². The first-order valence-corrected chi connectivity index (χ1v) is 8.57. The zero-order valence-electron chi connectivity index (χ0n) is 11.4. The molecule has 0 bridgehead atoms. The number of thiophene rings is 1. The van der Waals surface area contributed by atoms with Crippen molar-refractivity contribution in [2.45, 2.75) is 44.9 Å². The second kappa shape index (κ2) is 6.01. The van der Waals surface area contributed by atoms with Crippen LogP contribution >= 0.6 is 22.7 Å². The predicted octanol–water partition coefficient (Wildman–Crippen LogP) is 4.21. The Hall–Kier alpha value is -1.27. The van der Waals surface area contributed by atoms with Crippen LogP contribution in [0.4, 0.5) is 5.13 Å². The molecule has 0 aromatic carbocycles. The van der Waals surface area contributed by atoms with Crippen molar-refractivity contribution in [3.05, 3.63) is 26.9 Å². The van der Waals surface area contributed by atoms with Gasteiger partial charge in [-0.2, -0.15) is 0 Å². The molecule has 1 fully saturated rings. The fourth-order valence-electron chi connectivity index (χ4n) is 2.51. The Morgan fingerprint density at radius 3 is 2.70 bits per heavy atom. The number of nitrogens with one attached hydrogen (secondary N) is 1. The number of hydrogen-bond donors (Lipinski definition) is 1. The molecule has 0 atom stereocenters. The first-order chi connectivity index (χ1) is 9.72. The normalized spacial score (nSPS) is 16.2. The summed E-state index contributed by atoms with van der Waals surface area (Å²) in [5.41, 5.74) is 0. The Bertz CT molecular complexity index is 599. The fraction of sp³-hybridized carbons (Fsp3) is 0.500. The number of aromatic nitrogens is 2. The maximum Gasteiger partial charge on any atom is 0.267 e. The molecule has 1 aliphatic rings. The van der Waals surface area contributed by atoms with Crippen LogP contribution in [0.1, 0.15) is 57.6 Å². The van der Waals surface area contributed by atoms with Crippen molar-refractivity contribution in [3.8, 4) is 0 Å². The minimum Gasteiger partial charge on any atom is -0.296 e. The van der Waals surface area contributed by atoms with Crippen molar-refractivity contribution in [3.63, 3.8) is 0 Å². The smallest absolute Gasteiger partial charge is 0.267 e. The van der Waals surface area contributed by atoms with Crippen LogP contribution in [0.5, 0.6) is 0 Å². The van der Waals surface area contributed by atoms with Gasteiger partial charge in [0, 0.05) is 10.8 Å². The molecule has 4 nitrogen and oxygen atoms in total. The number of aryl methyl sites for hydroxylation is 1. The molecule has 0 aliphatic heterocycles. The number of rotatable bonds is 3. The molecule has 1 aliphatic carbocycles. The fourth-order valence-corrected chi connectivity index (χ4v) is 4.19. The molecular formula is C14H17N3OS2. The summed E-state index contributed by atoms with van der Waals surface area (Å²) in [5, 5.41) is 12.9. The molecule has 0 spiro atoms. The van der Waals surface area contributed by atoms with Crippen LogP contribution in [0.15, 0.2) is 12.1 Å². The van der Waals surface area contributed by atoms with Crippen molar-refractivity contribution in [1.82, 2.24) is 10.2 Å². The standard InChI is InChI=1S/C14H17N3OS2/c1-9-7-8-11(19-9)12(18)15-14-17-16-13(20-14)10-5-3-2-4-6-10/h7-8,10H,2-6H2,1H3,(H,15,17,18). The summed E-state index contributed by atoms with van der Waals surface area (Å²) in [6.45, 7) is 1.99. The van der Waals surface area contributed by atoms with Gasteiger partial charge in [-0.1, -0.05) is 30.6 Å². The number of carbonyl (C=O) groups is 1. The van der Waals surface area contributed by atoms with Crippen LogP contribution in [0.2, 0.25) is 0 Å². The van der Waals surface area contributed by atoms with E-state index in [4.69, 9.17) is 0 Å². The first-order valence-electron chi connectivity index (χ1n) is 6.93. The molecular weight excluding hydrogens is 290 g/mol. The molecule has 2 aromatic heterocycles. The lowest BCUT2D eigenvalue weighted by molar-refractivity contribution is 0.103. The minimum absolute atomic E-state index is 0.0885. The number of anilines is 1. The Balaban J connectivity index is 1.66. The van der Waals surface area contributed by atoms with E-state index in [1.165, 1.54) is 54.8 Å². The minimum atomic E-state index is -0.0885. The average molecular weight is 307 g/mol. The lowest BCUT2D eigenvalue weighted by atomic mass is 9.90. The van der Waals surface area contributed by atoms with Gasteiger partial charge in [0.15, 0.2) is 0 Å². The maximum absolute atomic E-state index is 12.1. The zero-order chi connectivity index (χ0) is 13.9. The van der Waals surface area contributed by atoms with Crippen molar-refractivity contribution in [2.75, 3.05) is 5.32 Å². The number of hydrogen-bond acceptors (Lipinski definition) is 5. The van der Waals surface area contributed by atoms with E-state index in [2.05, 4.69) is 15.5 Å². The lowest BCUT2D eigenvalue weighted by Crippen LogP contribution is -2.09. The molecule has 2 heterocycles. The summed E-state index contributed by atoms with van der Waals surface area (Å²) in [4.78, 5) is 13.9. The van der Waals surface area contributed by atoms with Gasteiger partial charge in [0.1, 0.15) is 5.01 Å². The van der Waals surface area contributed by atoms with Crippen LogP contribution in [0.25, 0.3) is 0 Å². The predicted molar refractivity (Wildman–Crippen MR) is 82.7 cm³/mol. The second-order valence-corrected chi connectivity index (χ2v) is 7.44. The van der Waals surface area contributed by atoms with Gasteiger partial charge in [0.25, 0.3) is 5.91 Å². The SMILES string of the molecule is Cc1ccc(C(=O)Nc2nnc(C3CCCCC3)s2)s1. The van der Waals surface area contributed by atoms with E-state index in [0.717, 1.165) is 14.8 Å². The van der Waals surface area contributed by atoms with Crippen molar-refractivity contribution in [1.29, 1.82) is 0 Å². The van der Waals surface area contributed by atoms with Crippen LogP contribution in [-0.2, 0) is 0 Å². The molecule has 0 unspecified atom stereocenters. The highest BCUT2D eigenvalue weighted by atomic mass is 32.1. The third-order valence-corrected chi connectivity index (χ3v) is 5.58. The second-order valence-electron chi connectivity index (χ2n) is 5.14. The molecule has 2 aromatic rings. The highest BCUT2D eigenvalue weighted by Gasteiger charge is 2.20. The molecule has 1 N–H and O–H groups in total. The molecule has 20 heavy (non-hydrogen) atoms. The lowest BCUT2D eigenvalue weighted by Gasteiger charge is -2.18. The number of nitrogens with zero attached hydrogens (tertiary/aromatic N) is 2. The monoisotopic (exact) mass is 307 g/mol. The van der Waals surface area contributed by atoms with Gasteiger partial charge in [-0.15, -0.1) is 21.5 Å². The van der Waals surface area contributed by atoms with Gasteiger partial charge in [-0.05, 0) is 31.9 Å². The zero-order valence-corrected chi connectivity index (χ0v) is 13.0. The molecule has 1 saturated carbocycles. The number of amides is 1. The Morgan fingerprint density at radius 2 is 2.00 bits per heavy atom. The summed E-state index contributed by atoms with van der Waals surface area (Å²) in [6.07, 6.45) is 6.29. The molecule has 106 valence electrons. The molecule has 6 heteroatoms. The van der Waals surface area contributed by atoms with Crippen LogP contribution in [0, 0.1) is 6.92 Å². The van der Waals surface area contributed by atoms with Gasteiger partial charge in [-0.25, -0.2) is 0 Å². The third-order valence-electron chi connectivity index (χ3n) is 3.58. The summed E-state index contributed by atoms with van der Waals surface area (Å²) in [6, 6.07) is 3.80. The van der Waals surface area contributed by atoms with Crippen LogP contribution < -0.4 is 5.32 Å². The summed E-state index contributed by atoms with van der Waals surface area (Å²) in [5.74, 6) is 0.449. The van der Waals surface area contributed by atoms with Crippen LogP contribution in [0.3, 0.4) is 0 Å². The van der Waals surface area contributed by atoms with E-state index in [0.29, 0.717) is 11.0 Å². The molecule has 3 rings (SSSR count). The summed E-state index contributed by atoms with van der Waals surface area (Å²) < 4.78 is 0. The van der Waals surface area contributed by atoms with Gasteiger partial charge >= 0.3 is 0 Å². The Labute approximate surface area is 126 Å². The van der Waals surface area contributed by atoms with Crippen molar-refractivity contribution < 1.29 is 4.79 Å². The molecule has 1 amide bonds. The Morgan fingerprint density at radius 1 is 1.20 bits per heavy atom. The van der Waals surface area contributed by atoms with Gasteiger partial charge in [0.2, 0.25) is 5.13 Å². The largest absolute Gasteiger partial charge is 0.296 e. The average Bonchev–Trinajstić information content (AvgIpc) is 3.09. The summed E-state index contributed by atoms with van der Waals surface area (Å²) in [7, 11) is 0. The van der Waals surface area contributed by atoms with Gasteiger partial charge < -0.3 is 0 Å². The quantitative estimate of drug-likeness (QED) is 0.924. The highest BCUT2D eigenvalue weighted by Crippen LogP contribution is 2.35. The van der Waals surface area contributed by atoms with Crippen LogP contribution in [-0.4, -0.2) is 16.1 Å². The van der Waals surface area contributed by atoms with E-state index < -0.39 is 0 Å². The van der Waals surface area contributed by atoms with E-state index in [9.17, 15) is 4.79 Å². The first kappa shape index (κ1) is 13.7. The van der Waals surface area contributed by atoms with E-state index in [1.54, 1.807) is 0 Å². The highest BCUT2D eigenvalue weighted by molar-refractivity contribution is 7.16. The molecule has 0 radical (unpaired) electrons. The number of carbonyl (C=O) groups excluding carboxylic acids is 1. The topological polar surface area (TPSA) is 54.9 Å². The molecule has 0 saturated heterocycles. The third kappa shape index (κ3) is 3.07. The van der Waals surface area contributed by atoms with Gasteiger partial charge in [-0.3, -0.25) is 10.1 Å². The van der Waals surface area contributed by atoms with Gasteiger partial charge in [0.05, 0.1) is 4.88 Å². The van der Waals surface area contributed by atoms with E-state index >= 15 is 0 Å². The van der Waals surface area contributed by atoms with E-state index in [-0.39, 0.29) is 5.91 Å². The Kier molecular flexibility index (Phi) is 4.12. The maximum atomic E-state index is 12.1. The summed E-state index contributed by atoms with van der Waals surface area (Å²) >= 11 is 3.01.